The summed E-state index contributed by atoms with van der Waals surface area (Å²) in [5.74, 6) is 18.2. The Morgan fingerprint density at radius 3 is 1.55 bits per heavy atom. The van der Waals surface area contributed by atoms with Crippen LogP contribution in [0.4, 0.5) is 0 Å². The van der Waals surface area contributed by atoms with Gasteiger partial charge in [0.05, 0.1) is 5.71 Å². The molecule has 0 saturated heterocycles. The average Bonchev–Trinajstić information content (AvgIpc) is 2.82. The van der Waals surface area contributed by atoms with Gasteiger partial charge in [0.2, 0.25) is 5.84 Å². The molecule has 0 spiro atoms. The van der Waals surface area contributed by atoms with E-state index in [1.54, 1.807) is 44.1 Å². The van der Waals surface area contributed by atoms with Crippen LogP contribution < -0.4 is 0 Å². The number of pyridine rings is 3. The van der Waals surface area contributed by atoms with Crippen molar-refractivity contribution in [2.75, 3.05) is 0 Å². The van der Waals surface area contributed by atoms with Crippen LogP contribution >= 0.6 is 0 Å². The van der Waals surface area contributed by atoms with Crippen molar-refractivity contribution in [2.24, 2.45) is 9.98 Å². The first-order valence-corrected chi connectivity index (χ1v) is 9.28. The molecule has 0 aliphatic rings. The minimum absolute atomic E-state index is 0.271. The van der Waals surface area contributed by atoms with E-state index in [0.717, 1.165) is 16.7 Å². The molecule has 0 unspecified atom stereocenters. The van der Waals surface area contributed by atoms with E-state index in [1.165, 1.54) is 0 Å². The largest absolute Gasteiger partial charge is 0.265 e. The molecule has 0 amide bonds. The van der Waals surface area contributed by atoms with Crippen molar-refractivity contribution in [3.05, 3.63) is 103 Å². The fourth-order valence-corrected chi connectivity index (χ4v) is 2.16. The highest BCUT2D eigenvalue weighted by atomic mass is 14.9. The van der Waals surface area contributed by atoms with Crippen LogP contribution in [0.3, 0.4) is 0 Å². The Balaban J connectivity index is 1.88. The molecule has 3 aromatic heterocycles. The molecular formula is C26H17N5. The molecule has 0 N–H and O–H groups in total. The molecule has 0 radical (unpaired) electrons. The first-order valence-electron chi connectivity index (χ1n) is 9.28. The van der Waals surface area contributed by atoms with Gasteiger partial charge in [0.15, 0.2) is 0 Å². The summed E-state index contributed by atoms with van der Waals surface area (Å²) >= 11 is 0. The van der Waals surface area contributed by atoms with E-state index < -0.39 is 0 Å². The monoisotopic (exact) mass is 399 g/mol. The second-order valence-electron chi connectivity index (χ2n) is 6.04. The van der Waals surface area contributed by atoms with Crippen molar-refractivity contribution < 1.29 is 0 Å². The van der Waals surface area contributed by atoms with Gasteiger partial charge in [-0.1, -0.05) is 24.3 Å². The van der Waals surface area contributed by atoms with E-state index in [0.29, 0.717) is 11.4 Å². The standard InChI is InChI=1S/C26H17N5/c1-21(3-5-23-9-15-27-16-10-23)30-26(8-7-25-13-19-29-20-14-25)31-22(2)4-6-24-11-17-28-18-12-24/h9-20H,1H2,2H3. The normalized spacial score (nSPS) is 10.5. The smallest absolute Gasteiger partial charge is 0.207 e. The van der Waals surface area contributed by atoms with Gasteiger partial charge in [0.1, 0.15) is 5.70 Å². The molecule has 3 aromatic rings. The zero-order valence-corrected chi connectivity index (χ0v) is 16.9. The Bertz CT molecular complexity index is 1290. The third-order valence-corrected chi connectivity index (χ3v) is 3.61. The minimum atomic E-state index is 0.271. The molecule has 5 nitrogen and oxygen atoms in total. The Labute approximate surface area is 181 Å². The van der Waals surface area contributed by atoms with E-state index in [1.807, 2.05) is 36.4 Å². The molecule has 0 fully saturated rings. The van der Waals surface area contributed by atoms with E-state index in [-0.39, 0.29) is 5.84 Å². The number of hydrogen-bond donors (Lipinski definition) is 0. The second-order valence-corrected chi connectivity index (χ2v) is 6.04. The van der Waals surface area contributed by atoms with Crippen molar-refractivity contribution in [3.8, 4) is 35.5 Å². The Hall–Kier alpha value is -4.79. The third kappa shape index (κ3) is 7.62. The van der Waals surface area contributed by atoms with Crippen LogP contribution in [0.15, 0.2) is 95.8 Å². The molecule has 146 valence electrons. The van der Waals surface area contributed by atoms with Crippen LogP contribution in [-0.4, -0.2) is 26.5 Å². The Morgan fingerprint density at radius 1 is 0.645 bits per heavy atom. The lowest BCUT2D eigenvalue weighted by molar-refractivity contribution is 1.32. The van der Waals surface area contributed by atoms with Crippen molar-refractivity contribution >= 4 is 11.5 Å². The molecular weight excluding hydrogens is 382 g/mol. The van der Waals surface area contributed by atoms with Gasteiger partial charge in [-0.2, -0.15) is 0 Å². The molecule has 0 bridgehead atoms. The number of allylic oxidation sites excluding steroid dienone is 1. The predicted octanol–water partition coefficient (Wildman–Crippen LogP) is 3.70. The maximum absolute atomic E-state index is 4.45. The lowest BCUT2D eigenvalue weighted by Gasteiger charge is -1.94. The summed E-state index contributed by atoms with van der Waals surface area (Å²) in [6.07, 6.45) is 10.1. The Kier molecular flexibility index (Phi) is 7.61. The van der Waals surface area contributed by atoms with Crippen LogP contribution in [0.1, 0.15) is 23.6 Å². The fourth-order valence-electron chi connectivity index (χ4n) is 2.16. The summed E-state index contributed by atoms with van der Waals surface area (Å²) in [7, 11) is 0. The molecule has 31 heavy (non-hydrogen) atoms. The summed E-state index contributed by atoms with van der Waals surface area (Å²) in [5.41, 5.74) is 3.37. The first-order chi connectivity index (χ1) is 15.2. The van der Waals surface area contributed by atoms with Crippen molar-refractivity contribution in [1.82, 2.24) is 15.0 Å². The quantitative estimate of drug-likeness (QED) is 0.356. The molecule has 0 saturated carbocycles. The Morgan fingerprint density at radius 2 is 1.06 bits per heavy atom. The number of aromatic nitrogens is 3. The van der Waals surface area contributed by atoms with Crippen molar-refractivity contribution in [3.63, 3.8) is 0 Å². The van der Waals surface area contributed by atoms with E-state index in [9.17, 15) is 0 Å². The van der Waals surface area contributed by atoms with E-state index in [2.05, 4.69) is 67.0 Å². The molecule has 5 heteroatoms. The second kappa shape index (κ2) is 11.3. The number of rotatable bonds is 1. The summed E-state index contributed by atoms with van der Waals surface area (Å²) in [6, 6.07) is 10.9. The van der Waals surface area contributed by atoms with Gasteiger partial charge in [-0.3, -0.25) is 15.0 Å². The lowest BCUT2D eigenvalue weighted by atomic mass is 10.2. The zero-order chi connectivity index (χ0) is 21.7. The number of nitrogens with zero attached hydrogens (tertiary/aromatic N) is 5. The van der Waals surface area contributed by atoms with E-state index >= 15 is 0 Å². The van der Waals surface area contributed by atoms with Crippen LogP contribution in [0.2, 0.25) is 0 Å². The summed E-state index contributed by atoms with van der Waals surface area (Å²) in [5, 5.41) is 0. The number of hydrogen-bond acceptors (Lipinski definition) is 4. The summed E-state index contributed by atoms with van der Waals surface area (Å²) in [6.45, 7) is 5.69. The van der Waals surface area contributed by atoms with Gasteiger partial charge in [-0.25, -0.2) is 9.98 Å². The van der Waals surface area contributed by atoms with E-state index in [4.69, 9.17) is 0 Å². The summed E-state index contributed by atoms with van der Waals surface area (Å²) < 4.78 is 0. The predicted molar refractivity (Wildman–Crippen MR) is 123 cm³/mol. The van der Waals surface area contributed by atoms with Gasteiger partial charge in [0, 0.05) is 53.9 Å². The van der Waals surface area contributed by atoms with Gasteiger partial charge in [-0.15, -0.1) is 0 Å². The zero-order valence-electron chi connectivity index (χ0n) is 16.9. The number of aliphatic imine (C=N–C) groups is 2. The first kappa shape index (κ1) is 20.9. The SMILES string of the molecule is C=C(C#Cc1ccncc1)N=C(C#Cc1ccncc1)N=C(C)C#Cc1ccncc1. The van der Waals surface area contributed by atoms with Gasteiger partial charge in [-0.05, 0) is 61.1 Å². The number of amidine groups is 1. The molecule has 0 aromatic carbocycles. The van der Waals surface area contributed by atoms with Gasteiger partial charge >= 0.3 is 0 Å². The third-order valence-electron chi connectivity index (χ3n) is 3.61. The van der Waals surface area contributed by atoms with Gasteiger partial charge in [0.25, 0.3) is 0 Å². The van der Waals surface area contributed by atoms with Crippen LogP contribution in [0, 0.1) is 35.5 Å². The molecule has 0 atom stereocenters. The lowest BCUT2D eigenvalue weighted by Crippen LogP contribution is -1.97. The average molecular weight is 399 g/mol. The fraction of sp³-hybridized carbons (Fsp3) is 0.0385. The van der Waals surface area contributed by atoms with Gasteiger partial charge < -0.3 is 0 Å². The van der Waals surface area contributed by atoms with Crippen molar-refractivity contribution in [1.29, 1.82) is 0 Å². The molecule has 0 aliphatic heterocycles. The minimum Gasteiger partial charge on any atom is -0.265 e. The molecule has 0 aliphatic carbocycles. The maximum Gasteiger partial charge on any atom is 0.207 e. The molecule has 3 rings (SSSR count). The highest BCUT2D eigenvalue weighted by molar-refractivity contribution is 6.12. The van der Waals surface area contributed by atoms with Crippen LogP contribution in [0.25, 0.3) is 0 Å². The van der Waals surface area contributed by atoms with Crippen LogP contribution in [-0.2, 0) is 0 Å². The highest BCUT2D eigenvalue weighted by Crippen LogP contribution is 1.99. The molecule has 3 heterocycles. The maximum atomic E-state index is 4.45. The highest BCUT2D eigenvalue weighted by Gasteiger charge is 1.96. The van der Waals surface area contributed by atoms with Crippen LogP contribution in [0.5, 0.6) is 0 Å². The van der Waals surface area contributed by atoms with Crippen molar-refractivity contribution in [2.45, 2.75) is 6.92 Å². The topological polar surface area (TPSA) is 63.4 Å². The summed E-state index contributed by atoms with van der Waals surface area (Å²) in [4.78, 5) is 20.8.